The second-order valence-corrected chi connectivity index (χ2v) is 5.87. The van der Waals surface area contributed by atoms with Gasteiger partial charge in [-0.1, -0.05) is 25.1 Å². The van der Waals surface area contributed by atoms with Gasteiger partial charge in [-0.15, -0.1) is 0 Å². The van der Waals surface area contributed by atoms with Gasteiger partial charge < -0.3 is 10.1 Å². The average molecular weight is 352 g/mol. The van der Waals surface area contributed by atoms with E-state index >= 15 is 0 Å². The molecule has 1 N–H and O–H groups in total. The summed E-state index contributed by atoms with van der Waals surface area (Å²) in [6, 6.07) is 8.43. The Kier molecular flexibility index (Phi) is 5.42. The van der Waals surface area contributed by atoms with Crippen LogP contribution in [-0.2, 0) is 13.7 Å². The number of aromatic nitrogens is 2. The molecule has 0 saturated heterocycles. The first-order valence-corrected chi connectivity index (χ1v) is 7.97. The maximum Gasteiger partial charge on any atom is 0.131 e. The van der Waals surface area contributed by atoms with E-state index in [9.17, 15) is 0 Å². The van der Waals surface area contributed by atoms with Crippen LogP contribution in [0.25, 0.3) is 0 Å². The van der Waals surface area contributed by atoms with Crippen LogP contribution in [0.5, 0.6) is 5.75 Å². The minimum absolute atomic E-state index is 0.267. The van der Waals surface area contributed by atoms with E-state index in [1.807, 2.05) is 36.9 Å². The zero-order valence-corrected chi connectivity index (χ0v) is 14.6. The molecule has 1 heterocycles. The fourth-order valence-corrected chi connectivity index (χ4v) is 2.82. The van der Waals surface area contributed by atoms with Crippen LogP contribution in [0.3, 0.4) is 0 Å². The van der Waals surface area contributed by atoms with Gasteiger partial charge in [0.1, 0.15) is 12.4 Å². The molecular formula is C16H22BrN3O. The van der Waals surface area contributed by atoms with E-state index in [0.29, 0.717) is 6.61 Å². The van der Waals surface area contributed by atoms with Gasteiger partial charge >= 0.3 is 0 Å². The van der Waals surface area contributed by atoms with Crippen LogP contribution in [0, 0.1) is 6.92 Å². The Hall–Kier alpha value is -1.33. The molecule has 0 aliphatic heterocycles. The summed E-state index contributed by atoms with van der Waals surface area (Å²) in [6.07, 6.45) is 0. The number of nitrogens with zero attached hydrogens (tertiary/aromatic N) is 2. The van der Waals surface area contributed by atoms with E-state index in [4.69, 9.17) is 4.74 Å². The van der Waals surface area contributed by atoms with Gasteiger partial charge in [0.15, 0.2) is 0 Å². The average Bonchev–Trinajstić information content (AvgIpc) is 2.71. The molecule has 2 rings (SSSR count). The third-order valence-electron chi connectivity index (χ3n) is 3.52. The number of halogens is 1. The molecule has 0 fully saturated rings. The van der Waals surface area contributed by atoms with E-state index < -0.39 is 0 Å². The summed E-state index contributed by atoms with van der Waals surface area (Å²) in [6.45, 7) is 7.66. The molecule has 0 aliphatic carbocycles. The van der Waals surface area contributed by atoms with Crippen LogP contribution in [0.15, 0.2) is 28.7 Å². The lowest BCUT2D eigenvalue weighted by atomic mass is 10.1. The Labute approximate surface area is 134 Å². The molecule has 4 nitrogen and oxygen atoms in total. The topological polar surface area (TPSA) is 39.1 Å². The molecule has 1 unspecified atom stereocenters. The van der Waals surface area contributed by atoms with E-state index in [1.165, 1.54) is 5.56 Å². The monoisotopic (exact) mass is 351 g/mol. The first kappa shape index (κ1) is 16.0. The minimum atomic E-state index is 0.267. The zero-order chi connectivity index (χ0) is 15.4. The zero-order valence-electron chi connectivity index (χ0n) is 13.0. The van der Waals surface area contributed by atoms with Gasteiger partial charge in [-0.25, -0.2) is 0 Å². The molecule has 0 bridgehead atoms. The lowest BCUT2D eigenvalue weighted by Gasteiger charge is -2.17. The van der Waals surface area contributed by atoms with E-state index in [1.54, 1.807) is 0 Å². The first-order chi connectivity index (χ1) is 10.0. The number of nitrogens with one attached hydrogen (secondary N) is 1. The predicted molar refractivity (Wildman–Crippen MR) is 88.5 cm³/mol. The highest BCUT2D eigenvalue weighted by Gasteiger charge is 2.14. The van der Waals surface area contributed by atoms with Crippen molar-refractivity contribution >= 4 is 15.9 Å². The standard InChI is InChI=1S/C16H22BrN3O/c1-5-18-11(2)13-8-6-7-9-15(13)21-10-14-16(17)12(3)19-20(14)4/h6-9,11,18H,5,10H2,1-4H3. The Morgan fingerprint density at radius 1 is 1.38 bits per heavy atom. The molecule has 114 valence electrons. The van der Waals surface area contributed by atoms with Gasteiger partial charge in [0.05, 0.1) is 15.9 Å². The molecule has 1 aromatic carbocycles. The van der Waals surface area contributed by atoms with Crippen molar-refractivity contribution in [3.63, 3.8) is 0 Å². The molecule has 5 heteroatoms. The van der Waals surface area contributed by atoms with Crippen LogP contribution in [0.2, 0.25) is 0 Å². The molecule has 21 heavy (non-hydrogen) atoms. The van der Waals surface area contributed by atoms with Gasteiger partial charge in [0.2, 0.25) is 0 Å². The maximum atomic E-state index is 6.03. The number of rotatable bonds is 6. The third kappa shape index (κ3) is 3.66. The highest BCUT2D eigenvalue weighted by atomic mass is 79.9. The van der Waals surface area contributed by atoms with E-state index in [0.717, 1.165) is 28.2 Å². The summed E-state index contributed by atoms with van der Waals surface area (Å²) in [5.74, 6) is 0.914. The number of aryl methyl sites for hydroxylation is 2. The number of hydrogen-bond acceptors (Lipinski definition) is 3. The molecule has 0 saturated carbocycles. The highest BCUT2D eigenvalue weighted by molar-refractivity contribution is 9.10. The normalized spacial score (nSPS) is 12.4. The van der Waals surface area contributed by atoms with Crippen LogP contribution < -0.4 is 10.1 Å². The summed E-state index contributed by atoms with van der Waals surface area (Å²) in [5, 5.41) is 7.81. The summed E-state index contributed by atoms with van der Waals surface area (Å²) < 4.78 is 8.91. The molecule has 0 amide bonds. The van der Waals surface area contributed by atoms with Crippen molar-refractivity contribution < 1.29 is 4.74 Å². The lowest BCUT2D eigenvalue weighted by Crippen LogP contribution is -2.18. The number of ether oxygens (including phenoxy) is 1. The molecule has 0 radical (unpaired) electrons. The fraction of sp³-hybridized carbons (Fsp3) is 0.438. The molecule has 1 aromatic heterocycles. The quantitative estimate of drug-likeness (QED) is 0.861. The summed E-state index contributed by atoms with van der Waals surface area (Å²) >= 11 is 3.57. The number of para-hydroxylation sites is 1. The SMILES string of the molecule is CCNC(C)c1ccccc1OCc1c(Br)c(C)nn1C. The van der Waals surface area contributed by atoms with Gasteiger partial charge in [0.25, 0.3) is 0 Å². The largest absolute Gasteiger partial charge is 0.487 e. The Morgan fingerprint density at radius 3 is 2.71 bits per heavy atom. The van der Waals surface area contributed by atoms with Crippen LogP contribution in [-0.4, -0.2) is 16.3 Å². The maximum absolute atomic E-state index is 6.03. The van der Waals surface area contributed by atoms with Crippen molar-refractivity contribution in [1.29, 1.82) is 0 Å². The Bertz CT molecular complexity index is 610. The second-order valence-electron chi connectivity index (χ2n) is 5.08. The fourth-order valence-electron chi connectivity index (χ4n) is 2.37. The number of benzene rings is 1. The van der Waals surface area contributed by atoms with Crippen LogP contribution in [0.4, 0.5) is 0 Å². The number of hydrogen-bond donors (Lipinski definition) is 1. The van der Waals surface area contributed by atoms with Gasteiger partial charge in [-0.2, -0.15) is 5.10 Å². The molecule has 2 aromatic rings. The summed E-state index contributed by atoms with van der Waals surface area (Å²) in [5.41, 5.74) is 3.19. The predicted octanol–water partition coefficient (Wildman–Crippen LogP) is 3.74. The second kappa shape index (κ2) is 7.09. The molecule has 0 spiro atoms. The van der Waals surface area contributed by atoms with Crippen molar-refractivity contribution in [2.24, 2.45) is 7.05 Å². The smallest absolute Gasteiger partial charge is 0.131 e. The highest BCUT2D eigenvalue weighted by Crippen LogP contribution is 2.27. The first-order valence-electron chi connectivity index (χ1n) is 7.17. The minimum Gasteiger partial charge on any atom is -0.487 e. The molecule has 0 aliphatic rings. The summed E-state index contributed by atoms with van der Waals surface area (Å²) in [7, 11) is 1.93. The van der Waals surface area contributed by atoms with Gasteiger partial charge in [0, 0.05) is 18.7 Å². The van der Waals surface area contributed by atoms with Gasteiger partial charge in [-0.3, -0.25) is 4.68 Å². The summed E-state index contributed by atoms with van der Waals surface area (Å²) in [4.78, 5) is 0. The molecular weight excluding hydrogens is 330 g/mol. The lowest BCUT2D eigenvalue weighted by molar-refractivity contribution is 0.288. The van der Waals surface area contributed by atoms with Crippen LogP contribution >= 0.6 is 15.9 Å². The van der Waals surface area contributed by atoms with Crippen molar-refractivity contribution in [2.75, 3.05) is 6.54 Å². The van der Waals surface area contributed by atoms with E-state index in [-0.39, 0.29) is 6.04 Å². The van der Waals surface area contributed by atoms with Crippen molar-refractivity contribution in [3.8, 4) is 5.75 Å². The Balaban J connectivity index is 2.17. The van der Waals surface area contributed by atoms with Crippen molar-refractivity contribution in [3.05, 3.63) is 45.7 Å². The van der Waals surface area contributed by atoms with E-state index in [2.05, 4.69) is 46.3 Å². The van der Waals surface area contributed by atoms with Crippen LogP contribution in [0.1, 0.15) is 36.8 Å². The van der Waals surface area contributed by atoms with Crippen molar-refractivity contribution in [1.82, 2.24) is 15.1 Å². The Morgan fingerprint density at radius 2 is 2.10 bits per heavy atom. The van der Waals surface area contributed by atoms with Gasteiger partial charge in [-0.05, 0) is 42.4 Å². The molecule has 1 atom stereocenters. The van der Waals surface area contributed by atoms with Crippen molar-refractivity contribution in [2.45, 2.75) is 33.4 Å². The third-order valence-corrected chi connectivity index (χ3v) is 4.55.